The van der Waals surface area contributed by atoms with E-state index in [1.807, 2.05) is 26.1 Å². The van der Waals surface area contributed by atoms with E-state index in [2.05, 4.69) is 22.9 Å². The number of hydrogen-bond acceptors (Lipinski definition) is 2. The Hall–Kier alpha value is -1.12. The summed E-state index contributed by atoms with van der Waals surface area (Å²) in [5.41, 5.74) is 1.30. The largest absolute Gasteiger partial charge is 0.357 e. The summed E-state index contributed by atoms with van der Waals surface area (Å²) in [5, 5.41) is 0. The molecular formula is C12H21FN2. The minimum atomic E-state index is 0. The molecule has 3 heteroatoms. The molecule has 15 heavy (non-hydrogen) atoms. The molecule has 2 heterocycles. The van der Waals surface area contributed by atoms with Gasteiger partial charge < -0.3 is 4.90 Å². The minimum absolute atomic E-state index is 0. The predicted octanol–water partition coefficient (Wildman–Crippen LogP) is 3.17. The van der Waals surface area contributed by atoms with Gasteiger partial charge in [0.2, 0.25) is 0 Å². The first-order valence-corrected chi connectivity index (χ1v) is 5.54. The summed E-state index contributed by atoms with van der Waals surface area (Å²) >= 11 is 0. The average Bonchev–Trinajstić information content (AvgIpc) is 2.74. The van der Waals surface area contributed by atoms with Crippen molar-refractivity contribution in [2.24, 2.45) is 0 Å². The fourth-order valence-electron chi connectivity index (χ4n) is 1.64. The van der Waals surface area contributed by atoms with Crippen molar-refractivity contribution in [1.29, 1.82) is 0 Å². The van der Waals surface area contributed by atoms with Crippen LogP contribution in [0.3, 0.4) is 0 Å². The molecule has 1 aromatic heterocycles. The van der Waals surface area contributed by atoms with Crippen molar-refractivity contribution in [1.82, 2.24) is 4.98 Å². The highest BCUT2D eigenvalue weighted by molar-refractivity contribution is 5.41. The van der Waals surface area contributed by atoms with Gasteiger partial charge in [-0.3, -0.25) is 4.70 Å². The normalized spacial score (nSPS) is 13.9. The van der Waals surface area contributed by atoms with Gasteiger partial charge >= 0.3 is 0 Å². The first kappa shape index (κ1) is 13.9. The standard InChI is InChI=1S/C10H14N2.C2H6.FH/c1-9-4-5-11-10(8-9)12-6-2-3-7-12;1-2;/h4-5,8H,2-3,6-7H2,1H3;1-2H3;1H. The first-order chi connectivity index (χ1) is 6.86. The Morgan fingerprint density at radius 1 is 1.20 bits per heavy atom. The van der Waals surface area contributed by atoms with Gasteiger partial charge in [-0.25, -0.2) is 4.98 Å². The number of rotatable bonds is 1. The molecule has 2 nitrogen and oxygen atoms in total. The molecule has 1 aromatic rings. The molecule has 0 spiro atoms. The van der Waals surface area contributed by atoms with Crippen LogP contribution in [0.25, 0.3) is 0 Å². The van der Waals surface area contributed by atoms with Crippen molar-refractivity contribution in [3.63, 3.8) is 0 Å². The maximum Gasteiger partial charge on any atom is 0.128 e. The van der Waals surface area contributed by atoms with Crippen LogP contribution in [0.15, 0.2) is 18.3 Å². The van der Waals surface area contributed by atoms with Gasteiger partial charge in [0.15, 0.2) is 0 Å². The van der Waals surface area contributed by atoms with Gasteiger partial charge in [-0.05, 0) is 37.5 Å². The fraction of sp³-hybridized carbons (Fsp3) is 0.583. The summed E-state index contributed by atoms with van der Waals surface area (Å²) in [6.07, 6.45) is 4.52. The maximum absolute atomic E-state index is 4.35. The molecule has 0 bridgehead atoms. The summed E-state index contributed by atoms with van der Waals surface area (Å²) in [6.45, 7) is 8.47. The van der Waals surface area contributed by atoms with Crippen molar-refractivity contribution in [2.75, 3.05) is 18.0 Å². The number of aryl methyl sites for hydroxylation is 1. The Kier molecular flexibility index (Phi) is 6.67. The molecule has 86 valence electrons. The smallest absolute Gasteiger partial charge is 0.128 e. The van der Waals surface area contributed by atoms with E-state index in [9.17, 15) is 0 Å². The molecule has 0 N–H and O–H groups in total. The molecule has 1 saturated heterocycles. The quantitative estimate of drug-likeness (QED) is 0.710. The fourth-order valence-corrected chi connectivity index (χ4v) is 1.64. The number of anilines is 1. The Morgan fingerprint density at radius 2 is 1.80 bits per heavy atom. The predicted molar refractivity (Wildman–Crippen MR) is 64.3 cm³/mol. The summed E-state index contributed by atoms with van der Waals surface area (Å²) in [4.78, 5) is 6.70. The summed E-state index contributed by atoms with van der Waals surface area (Å²) < 4.78 is 0. The molecule has 0 saturated carbocycles. The van der Waals surface area contributed by atoms with Crippen LogP contribution in [0, 0.1) is 6.92 Å². The number of halogens is 1. The Labute approximate surface area is 91.7 Å². The van der Waals surface area contributed by atoms with Gasteiger partial charge in [-0.1, -0.05) is 13.8 Å². The van der Waals surface area contributed by atoms with E-state index in [0.717, 1.165) is 5.82 Å². The SMILES string of the molecule is CC.Cc1ccnc(N2CCCC2)c1.F. The zero-order chi connectivity index (χ0) is 10.4. The Bertz CT molecular complexity index is 270. The third-order valence-corrected chi connectivity index (χ3v) is 2.33. The van der Waals surface area contributed by atoms with Crippen LogP contribution < -0.4 is 4.90 Å². The second kappa shape index (κ2) is 7.21. The molecule has 1 aliphatic rings. The number of nitrogens with zero attached hydrogens (tertiary/aromatic N) is 2. The van der Waals surface area contributed by atoms with Gasteiger partial charge in [0.25, 0.3) is 0 Å². The van der Waals surface area contributed by atoms with Crippen molar-refractivity contribution in [3.8, 4) is 0 Å². The van der Waals surface area contributed by atoms with E-state index < -0.39 is 0 Å². The highest BCUT2D eigenvalue weighted by atomic mass is 19.0. The van der Waals surface area contributed by atoms with Crippen LogP contribution in [0.4, 0.5) is 10.5 Å². The number of aromatic nitrogens is 1. The Balaban J connectivity index is 0.000000617. The van der Waals surface area contributed by atoms with Crippen LogP contribution in [0.1, 0.15) is 32.3 Å². The summed E-state index contributed by atoms with van der Waals surface area (Å²) in [6, 6.07) is 4.20. The topological polar surface area (TPSA) is 16.1 Å². The lowest BCUT2D eigenvalue weighted by Crippen LogP contribution is -2.18. The molecule has 0 aromatic carbocycles. The highest BCUT2D eigenvalue weighted by Crippen LogP contribution is 2.17. The molecule has 1 fully saturated rings. The maximum atomic E-state index is 4.35. The van der Waals surface area contributed by atoms with E-state index in [1.165, 1.54) is 31.5 Å². The highest BCUT2D eigenvalue weighted by Gasteiger charge is 2.12. The van der Waals surface area contributed by atoms with Gasteiger partial charge in [-0.15, -0.1) is 0 Å². The lowest BCUT2D eigenvalue weighted by atomic mass is 10.3. The van der Waals surface area contributed by atoms with Crippen molar-refractivity contribution in [3.05, 3.63) is 23.9 Å². The van der Waals surface area contributed by atoms with Crippen molar-refractivity contribution >= 4 is 5.82 Å². The molecular weight excluding hydrogens is 191 g/mol. The molecule has 0 atom stereocenters. The number of hydrogen-bond donors (Lipinski definition) is 0. The average molecular weight is 212 g/mol. The molecule has 0 aliphatic carbocycles. The van der Waals surface area contributed by atoms with Gasteiger partial charge in [0.05, 0.1) is 0 Å². The van der Waals surface area contributed by atoms with Crippen molar-refractivity contribution in [2.45, 2.75) is 33.6 Å². The summed E-state index contributed by atoms with van der Waals surface area (Å²) in [7, 11) is 0. The van der Waals surface area contributed by atoms with Gasteiger partial charge in [0.1, 0.15) is 5.82 Å². The third kappa shape index (κ3) is 3.86. The molecule has 0 radical (unpaired) electrons. The van der Waals surface area contributed by atoms with Crippen LogP contribution in [-0.2, 0) is 0 Å². The van der Waals surface area contributed by atoms with Crippen LogP contribution in [-0.4, -0.2) is 18.1 Å². The second-order valence-corrected chi connectivity index (χ2v) is 3.39. The molecule has 2 rings (SSSR count). The van der Waals surface area contributed by atoms with Crippen molar-refractivity contribution < 1.29 is 4.70 Å². The molecule has 0 unspecified atom stereocenters. The zero-order valence-electron chi connectivity index (χ0n) is 9.86. The first-order valence-electron chi connectivity index (χ1n) is 5.54. The lowest BCUT2D eigenvalue weighted by Gasteiger charge is -2.15. The number of pyridine rings is 1. The van der Waals surface area contributed by atoms with Gasteiger partial charge in [0, 0.05) is 19.3 Å². The van der Waals surface area contributed by atoms with E-state index in [-0.39, 0.29) is 4.70 Å². The van der Waals surface area contributed by atoms with Crippen LogP contribution >= 0.6 is 0 Å². The van der Waals surface area contributed by atoms with E-state index in [4.69, 9.17) is 0 Å². The molecule has 1 aliphatic heterocycles. The van der Waals surface area contributed by atoms with E-state index in [0.29, 0.717) is 0 Å². The third-order valence-electron chi connectivity index (χ3n) is 2.33. The van der Waals surface area contributed by atoms with Crippen LogP contribution in [0.5, 0.6) is 0 Å². The minimum Gasteiger partial charge on any atom is -0.357 e. The van der Waals surface area contributed by atoms with E-state index >= 15 is 0 Å². The molecule has 0 amide bonds. The van der Waals surface area contributed by atoms with Crippen LogP contribution in [0.2, 0.25) is 0 Å². The zero-order valence-corrected chi connectivity index (χ0v) is 9.86. The van der Waals surface area contributed by atoms with E-state index in [1.54, 1.807) is 0 Å². The lowest BCUT2D eigenvalue weighted by molar-refractivity contribution is 0.935. The summed E-state index contributed by atoms with van der Waals surface area (Å²) in [5.74, 6) is 1.15. The second-order valence-electron chi connectivity index (χ2n) is 3.39. The monoisotopic (exact) mass is 212 g/mol. The Morgan fingerprint density at radius 3 is 2.33 bits per heavy atom. The van der Waals surface area contributed by atoms with Gasteiger partial charge in [-0.2, -0.15) is 0 Å².